The summed E-state index contributed by atoms with van der Waals surface area (Å²) in [7, 11) is 1.86. The first-order valence-electron chi connectivity index (χ1n) is 9.91. The summed E-state index contributed by atoms with van der Waals surface area (Å²) in [6.45, 7) is 1.05. The van der Waals surface area contributed by atoms with E-state index < -0.39 is 6.10 Å². The Balaban J connectivity index is 1.63. The van der Waals surface area contributed by atoms with Crippen molar-refractivity contribution in [1.82, 2.24) is 9.88 Å². The van der Waals surface area contributed by atoms with Crippen LogP contribution in [0.15, 0.2) is 91.1 Å². The highest BCUT2D eigenvalue weighted by molar-refractivity contribution is 5.82. The van der Waals surface area contributed by atoms with Crippen LogP contribution in [0.4, 0.5) is 0 Å². The van der Waals surface area contributed by atoms with Gasteiger partial charge in [0.15, 0.2) is 0 Å². The average Bonchev–Trinajstić information content (AvgIpc) is 3.17. The summed E-state index contributed by atoms with van der Waals surface area (Å²) in [4.78, 5) is 0. The Morgan fingerprint density at radius 2 is 1.66 bits per heavy atom. The third-order valence-electron chi connectivity index (χ3n) is 5.16. The van der Waals surface area contributed by atoms with Crippen LogP contribution in [0.5, 0.6) is 5.75 Å². The van der Waals surface area contributed by atoms with Crippen molar-refractivity contribution in [2.75, 3.05) is 13.6 Å². The van der Waals surface area contributed by atoms with E-state index in [2.05, 4.69) is 52.3 Å². The Hall–Kier alpha value is -3.08. The van der Waals surface area contributed by atoms with Gasteiger partial charge < -0.3 is 19.7 Å². The lowest BCUT2D eigenvalue weighted by molar-refractivity contribution is 0.132. The van der Waals surface area contributed by atoms with Crippen LogP contribution < -0.4 is 10.1 Å². The van der Waals surface area contributed by atoms with Crippen LogP contribution in [0.1, 0.15) is 17.2 Å². The molecule has 4 heteroatoms. The fourth-order valence-corrected chi connectivity index (χ4v) is 3.75. The highest BCUT2D eigenvalue weighted by Crippen LogP contribution is 2.30. The van der Waals surface area contributed by atoms with E-state index in [1.165, 1.54) is 0 Å². The second kappa shape index (κ2) is 8.95. The monoisotopic (exact) mass is 386 g/mol. The summed E-state index contributed by atoms with van der Waals surface area (Å²) in [5.41, 5.74) is 3.29. The zero-order chi connectivity index (χ0) is 20.1. The van der Waals surface area contributed by atoms with Gasteiger partial charge in [0.2, 0.25) is 0 Å². The second-order valence-corrected chi connectivity index (χ2v) is 7.20. The molecule has 0 aliphatic rings. The van der Waals surface area contributed by atoms with Gasteiger partial charge in [-0.3, -0.25) is 0 Å². The van der Waals surface area contributed by atoms with Crippen molar-refractivity contribution in [2.24, 2.45) is 0 Å². The Labute approximate surface area is 171 Å². The highest BCUT2D eigenvalue weighted by Gasteiger charge is 2.23. The smallest absolute Gasteiger partial charge is 0.120 e. The van der Waals surface area contributed by atoms with E-state index in [1.54, 1.807) is 0 Å². The van der Waals surface area contributed by atoms with Gasteiger partial charge in [-0.1, -0.05) is 60.7 Å². The molecule has 0 aliphatic heterocycles. The summed E-state index contributed by atoms with van der Waals surface area (Å²) in [5, 5.41) is 15.0. The van der Waals surface area contributed by atoms with Gasteiger partial charge in [-0.05, 0) is 42.4 Å². The first-order chi connectivity index (χ1) is 14.3. The molecule has 148 valence electrons. The van der Waals surface area contributed by atoms with Gasteiger partial charge in [-0.2, -0.15) is 0 Å². The van der Waals surface area contributed by atoms with Gasteiger partial charge in [0.1, 0.15) is 12.4 Å². The molecule has 4 nitrogen and oxygen atoms in total. The third kappa shape index (κ3) is 4.34. The molecule has 4 aromatic rings. The van der Waals surface area contributed by atoms with E-state index in [1.807, 2.05) is 55.7 Å². The van der Waals surface area contributed by atoms with Crippen molar-refractivity contribution in [3.05, 3.63) is 102 Å². The fourth-order valence-electron chi connectivity index (χ4n) is 3.75. The van der Waals surface area contributed by atoms with Crippen LogP contribution in [-0.2, 0) is 6.61 Å². The summed E-state index contributed by atoms with van der Waals surface area (Å²) < 4.78 is 8.12. The molecule has 2 N–H and O–H groups in total. The summed E-state index contributed by atoms with van der Waals surface area (Å²) >= 11 is 0. The van der Waals surface area contributed by atoms with Crippen LogP contribution in [0.3, 0.4) is 0 Å². The maximum absolute atomic E-state index is 10.9. The van der Waals surface area contributed by atoms with E-state index in [-0.39, 0.29) is 6.04 Å². The van der Waals surface area contributed by atoms with Crippen molar-refractivity contribution in [2.45, 2.75) is 18.8 Å². The van der Waals surface area contributed by atoms with Gasteiger partial charge in [0, 0.05) is 23.6 Å². The predicted octanol–water partition coefficient (Wildman–Crippen LogP) is 4.39. The van der Waals surface area contributed by atoms with Gasteiger partial charge in [0.25, 0.3) is 0 Å². The van der Waals surface area contributed by atoms with Crippen LogP contribution >= 0.6 is 0 Å². The number of fused-ring (bicyclic) bond motifs is 1. The largest absolute Gasteiger partial charge is 0.489 e. The molecule has 4 rings (SSSR count). The van der Waals surface area contributed by atoms with Gasteiger partial charge in [0.05, 0.1) is 12.1 Å². The standard InChI is InChI=1S/C25H26N2O2/c1-26-17-24(28)25(20-10-6-3-7-11-20)27-15-14-21-16-22(12-13-23(21)27)29-18-19-8-4-2-5-9-19/h2-16,24-26,28H,17-18H2,1H3/t24-,25+/m1/s1. The van der Waals surface area contributed by atoms with Gasteiger partial charge >= 0.3 is 0 Å². The normalized spacial score (nSPS) is 13.3. The second-order valence-electron chi connectivity index (χ2n) is 7.20. The summed E-state index contributed by atoms with van der Waals surface area (Å²) in [6, 6.07) is 28.3. The molecule has 0 amide bonds. The number of benzene rings is 3. The molecule has 0 aliphatic carbocycles. The minimum Gasteiger partial charge on any atom is -0.489 e. The van der Waals surface area contributed by atoms with Crippen molar-refractivity contribution >= 4 is 10.9 Å². The first kappa shape index (κ1) is 19.2. The van der Waals surface area contributed by atoms with Crippen molar-refractivity contribution in [1.29, 1.82) is 0 Å². The number of hydrogen-bond acceptors (Lipinski definition) is 3. The van der Waals surface area contributed by atoms with Crippen molar-refractivity contribution in [3.8, 4) is 5.75 Å². The Morgan fingerprint density at radius 3 is 2.38 bits per heavy atom. The van der Waals surface area contributed by atoms with E-state index in [4.69, 9.17) is 4.74 Å². The molecule has 0 fully saturated rings. The summed E-state index contributed by atoms with van der Waals surface area (Å²) in [6.07, 6.45) is 1.49. The molecule has 0 spiro atoms. The molecule has 1 heterocycles. The van der Waals surface area contributed by atoms with Gasteiger partial charge in [-0.15, -0.1) is 0 Å². The number of likely N-dealkylation sites (N-methyl/N-ethyl adjacent to an activating group) is 1. The fraction of sp³-hybridized carbons (Fsp3) is 0.200. The lowest BCUT2D eigenvalue weighted by Crippen LogP contribution is -2.33. The van der Waals surface area contributed by atoms with Crippen LogP contribution in [0.25, 0.3) is 10.9 Å². The number of aliphatic hydroxyl groups excluding tert-OH is 1. The minimum absolute atomic E-state index is 0.169. The van der Waals surface area contributed by atoms with Crippen molar-refractivity contribution < 1.29 is 9.84 Å². The lowest BCUT2D eigenvalue weighted by Gasteiger charge is -2.26. The molecular formula is C25H26N2O2. The van der Waals surface area contributed by atoms with Gasteiger partial charge in [-0.25, -0.2) is 0 Å². The molecule has 0 unspecified atom stereocenters. The Kier molecular flexibility index (Phi) is 5.94. The molecule has 0 saturated carbocycles. The Morgan fingerprint density at radius 1 is 0.931 bits per heavy atom. The maximum atomic E-state index is 10.9. The van der Waals surface area contributed by atoms with E-state index in [0.29, 0.717) is 13.2 Å². The quantitative estimate of drug-likeness (QED) is 0.472. The van der Waals surface area contributed by atoms with Crippen LogP contribution in [0, 0.1) is 0 Å². The van der Waals surface area contributed by atoms with Crippen LogP contribution in [0.2, 0.25) is 0 Å². The SMILES string of the molecule is CNC[C@@H](O)[C@H](c1ccccc1)n1ccc2cc(OCc3ccccc3)ccc21. The number of nitrogens with zero attached hydrogens (tertiary/aromatic N) is 1. The van der Waals surface area contributed by atoms with Crippen LogP contribution in [-0.4, -0.2) is 29.4 Å². The molecule has 0 saturated heterocycles. The predicted molar refractivity (Wildman–Crippen MR) is 117 cm³/mol. The van der Waals surface area contributed by atoms with E-state index in [0.717, 1.165) is 27.8 Å². The number of aromatic nitrogens is 1. The van der Waals surface area contributed by atoms with Crippen molar-refractivity contribution in [3.63, 3.8) is 0 Å². The number of aliphatic hydroxyl groups is 1. The Bertz CT molecular complexity index is 1040. The number of ether oxygens (including phenoxy) is 1. The molecule has 3 aromatic carbocycles. The molecule has 0 radical (unpaired) electrons. The zero-order valence-electron chi connectivity index (χ0n) is 16.5. The average molecular weight is 386 g/mol. The number of nitrogens with one attached hydrogen (secondary N) is 1. The third-order valence-corrected chi connectivity index (χ3v) is 5.16. The van der Waals surface area contributed by atoms with E-state index in [9.17, 15) is 5.11 Å². The zero-order valence-corrected chi connectivity index (χ0v) is 16.5. The molecule has 0 bridgehead atoms. The summed E-state index contributed by atoms with van der Waals surface area (Å²) in [5.74, 6) is 0.839. The first-order valence-corrected chi connectivity index (χ1v) is 9.91. The minimum atomic E-state index is -0.549. The number of rotatable bonds is 8. The molecule has 2 atom stereocenters. The van der Waals surface area contributed by atoms with E-state index >= 15 is 0 Å². The topological polar surface area (TPSA) is 46.4 Å². The molecule has 1 aromatic heterocycles. The number of hydrogen-bond donors (Lipinski definition) is 2. The molecule has 29 heavy (non-hydrogen) atoms. The molecular weight excluding hydrogens is 360 g/mol. The maximum Gasteiger partial charge on any atom is 0.120 e. The highest BCUT2D eigenvalue weighted by atomic mass is 16.5. The lowest BCUT2D eigenvalue weighted by atomic mass is 10.0.